The normalized spacial score (nSPS) is 15.8. The first-order chi connectivity index (χ1) is 13.5. The van der Waals surface area contributed by atoms with Gasteiger partial charge in [-0.15, -0.1) is 11.3 Å². The molecule has 28 heavy (non-hydrogen) atoms. The molecule has 0 bridgehead atoms. The molecular weight excluding hydrogens is 378 g/mol. The van der Waals surface area contributed by atoms with E-state index in [-0.39, 0.29) is 17.4 Å². The third kappa shape index (κ3) is 3.13. The molecule has 4 rings (SSSR count). The highest BCUT2D eigenvalue weighted by Crippen LogP contribution is 2.36. The molecule has 0 saturated heterocycles. The highest BCUT2D eigenvalue weighted by Gasteiger charge is 2.24. The average Bonchev–Trinajstić information content (AvgIpc) is 3.05. The zero-order valence-electron chi connectivity index (χ0n) is 15.9. The minimum absolute atomic E-state index is 0.135. The fourth-order valence-corrected chi connectivity index (χ4v) is 4.55. The highest BCUT2D eigenvalue weighted by molar-refractivity contribution is 7.20. The molecule has 0 spiro atoms. The standard InChI is InChI=1S/C20H21N3O4S/c1-11-15-19(22-10-23(2)20(15)25)28-17(11)18(24)21-8-12-7-13-5-4-6-14(26-3)16(13)27-9-12/h4-6,10,12H,7-9H2,1-3H3,(H,21,24)/t12-/m1/s1. The van der Waals surface area contributed by atoms with Crippen LogP contribution in [0, 0.1) is 12.8 Å². The van der Waals surface area contributed by atoms with Crippen molar-refractivity contribution in [2.24, 2.45) is 13.0 Å². The van der Waals surface area contributed by atoms with Gasteiger partial charge in [0.25, 0.3) is 11.5 Å². The summed E-state index contributed by atoms with van der Waals surface area (Å²) in [6, 6.07) is 5.84. The van der Waals surface area contributed by atoms with Crippen molar-refractivity contribution in [1.29, 1.82) is 0 Å². The molecule has 1 aliphatic heterocycles. The second-order valence-electron chi connectivity index (χ2n) is 6.94. The van der Waals surface area contributed by atoms with Crippen molar-refractivity contribution in [1.82, 2.24) is 14.9 Å². The van der Waals surface area contributed by atoms with E-state index in [2.05, 4.69) is 10.3 Å². The summed E-state index contributed by atoms with van der Waals surface area (Å²) in [5.74, 6) is 1.51. The fourth-order valence-electron chi connectivity index (χ4n) is 3.49. The molecule has 0 fully saturated rings. The Kier molecular flexibility index (Phi) is 4.80. The number of ether oxygens (including phenoxy) is 2. The zero-order chi connectivity index (χ0) is 19.8. The number of carbonyl (C=O) groups is 1. The fraction of sp³-hybridized carbons (Fsp3) is 0.350. The summed E-state index contributed by atoms with van der Waals surface area (Å²) in [6.45, 7) is 2.80. The Morgan fingerprint density at radius 1 is 1.46 bits per heavy atom. The van der Waals surface area contributed by atoms with Crippen LogP contribution in [-0.2, 0) is 13.5 Å². The highest BCUT2D eigenvalue weighted by atomic mass is 32.1. The Morgan fingerprint density at radius 3 is 3.07 bits per heavy atom. The van der Waals surface area contributed by atoms with Gasteiger partial charge in [-0.25, -0.2) is 4.98 Å². The van der Waals surface area contributed by atoms with Crippen molar-refractivity contribution in [3.05, 3.63) is 50.9 Å². The van der Waals surface area contributed by atoms with Crippen LogP contribution in [0.3, 0.4) is 0 Å². The average molecular weight is 399 g/mol. The number of fused-ring (bicyclic) bond motifs is 2. The Labute approximate surface area is 165 Å². The van der Waals surface area contributed by atoms with E-state index in [1.807, 2.05) is 18.2 Å². The summed E-state index contributed by atoms with van der Waals surface area (Å²) < 4.78 is 12.6. The molecule has 0 aliphatic carbocycles. The second-order valence-corrected chi connectivity index (χ2v) is 7.94. The molecule has 2 aromatic heterocycles. The SMILES string of the molecule is COc1cccc2c1OC[C@@H](CNC(=O)c1sc3ncn(C)c(=O)c3c1C)C2. The van der Waals surface area contributed by atoms with Crippen LogP contribution in [0.25, 0.3) is 10.2 Å². The Balaban J connectivity index is 1.48. The van der Waals surface area contributed by atoms with E-state index >= 15 is 0 Å². The van der Waals surface area contributed by atoms with Crippen LogP contribution in [0.2, 0.25) is 0 Å². The van der Waals surface area contributed by atoms with Gasteiger partial charge < -0.3 is 19.4 Å². The summed E-state index contributed by atoms with van der Waals surface area (Å²) in [4.78, 5) is 30.4. The first kappa shape index (κ1) is 18.5. The van der Waals surface area contributed by atoms with Crippen LogP contribution < -0.4 is 20.3 Å². The number of hydrogen-bond acceptors (Lipinski definition) is 6. The third-order valence-electron chi connectivity index (χ3n) is 5.02. The maximum atomic E-state index is 12.7. The van der Waals surface area contributed by atoms with Gasteiger partial charge in [0.1, 0.15) is 4.83 Å². The van der Waals surface area contributed by atoms with E-state index in [1.165, 1.54) is 22.2 Å². The van der Waals surface area contributed by atoms with Gasteiger partial charge in [0.2, 0.25) is 0 Å². The summed E-state index contributed by atoms with van der Waals surface area (Å²) in [5.41, 5.74) is 1.63. The van der Waals surface area contributed by atoms with Gasteiger partial charge in [0.05, 0.1) is 30.3 Å². The first-order valence-electron chi connectivity index (χ1n) is 9.01. The van der Waals surface area contributed by atoms with Crippen molar-refractivity contribution in [3.8, 4) is 11.5 Å². The topological polar surface area (TPSA) is 82.4 Å². The van der Waals surface area contributed by atoms with Gasteiger partial charge in [0, 0.05) is 19.5 Å². The number of carbonyl (C=O) groups excluding carboxylic acids is 1. The van der Waals surface area contributed by atoms with Crippen molar-refractivity contribution in [2.75, 3.05) is 20.3 Å². The van der Waals surface area contributed by atoms with Gasteiger partial charge in [-0.1, -0.05) is 12.1 Å². The maximum Gasteiger partial charge on any atom is 0.262 e. The summed E-state index contributed by atoms with van der Waals surface area (Å²) in [7, 11) is 3.28. The monoisotopic (exact) mass is 399 g/mol. The van der Waals surface area contributed by atoms with E-state index in [9.17, 15) is 9.59 Å². The number of para-hydroxylation sites is 1. The molecule has 0 radical (unpaired) electrons. The molecule has 1 aliphatic rings. The van der Waals surface area contributed by atoms with Gasteiger partial charge in [0.15, 0.2) is 11.5 Å². The second kappa shape index (κ2) is 7.27. The number of nitrogens with zero attached hydrogens (tertiary/aromatic N) is 2. The Bertz CT molecular complexity index is 1120. The third-order valence-corrected chi connectivity index (χ3v) is 6.22. The number of rotatable bonds is 4. The summed E-state index contributed by atoms with van der Waals surface area (Å²) in [5, 5.41) is 3.50. The zero-order valence-corrected chi connectivity index (χ0v) is 16.8. The lowest BCUT2D eigenvalue weighted by Crippen LogP contribution is -2.34. The molecule has 3 aromatic rings. The Hall–Kier alpha value is -2.87. The molecule has 1 amide bonds. The number of methoxy groups -OCH3 is 1. The smallest absolute Gasteiger partial charge is 0.262 e. The predicted octanol–water partition coefficient (Wildman–Crippen LogP) is 2.29. The summed E-state index contributed by atoms with van der Waals surface area (Å²) >= 11 is 1.25. The molecule has 1 aromatic carbocycles. The lowest BCUT2D eigenvalue weighted by atomic mass is 9.96. The molecule has 3 heterocycles. The molecule has 1 N–H and O–H groups in total. The van der Waals surface area contributed by atoms with Gasteiger partial charge in [-0.3, -0.25) is 9.59 Å². The number of hydrogen-bond donors (Lipinski definition) is 1. The predicted molar refractivity (Wildman–Crippen MR) is 108 cm³/mol. The number of amides is 1. The number of thiophene rings is 1. The van der Waals surface area contributed by atoms with E-state index in [0.29, 0.717) is 33.8 Å². The van der Waals surface area contributed by atoms with Crippen molar-refractivity contribution in [3.63, 3.8) is 0 Å². The van der Waals surface area contributed by atoms with Gasteiger partial charge >= 0.3 is 0 Å². The lowest BCUT2D eigenvalue weighted by molar-refractivity contribution is 0.0942. The quantitative estimate of drug-likeness (QED) is 0.728. The molecule has 0 unspecified atom stereocenters. The molecule has 146 valence electrons. The van der Waals surface area contributed by atoms with Crippen LogP contribution in [0.15, 0.2) is 29.3 Å². The minimum atomic E-state index is -0.181. The van der Waals surface area contributed by atoms with Crippen molar-refractivity contribution in [2.45, 2.75) is 13.3 Å². The largest absolute Gasteiger partial charge is 0.493 e. The number of nitrogens with one attached hydrogen (secondary N) is 1. The number of aryl methyl sites for hydroxylation is 2. The van der Waals surface area contributed by atoms with E-state index in [4.69, 9.17) is 9.47 Å². The molecule has 8 heteroatoms. The number of benzene rings is 1. The van der Waals surface area contributed by atoms with Crippen LogP contribution in [0.1, 0.15) is 20.8 Å². The van der Waals surface area contributed by atoms with Gasteiger partial charge in [-0.05, 0) is 30.5 Å². The minimum Gasteiger partial charge on any atom is -0.493 e. The van der Waals surface area contributed by atoms with Crippen LogP contribution in [0.4, 0.5) is 0 Å². The molecule has 0 saturated carbocycles. The van der Waals surface area contributed by atoms with Crippen molar-refractivity contribution < 1.29 is 14.3 Å². The van der Waals surface area contributed by atoms with Crippen molar-refractivity contribution >= 4 is 27.5 Å². The van der Waals surface area contributed by atoms with Crippen LogP contribution in [-0.4, -0.2) is 35.7 Å². The number of aromatic nitrogens is 2. The maximum absolute atomic E-state index is 12.7. The molecule has 1 atom stereocenters. The van der Waals surface area contributed by atoms with E-state index < -0.39 is 0 Å². The Morgan fingerprint density at radius 2 is 2.29 bits per heavy atom. The van der Waals surface area contributed by atoms with Crippen LogP contribution in [0.5, 0.6) is 11.5 Å². The molecule has 7 nitrogen and oxygen atoms in total. The first-order valence-corrected chi connectivity index (χ1v) is 9.82. The van der Waals surface area contributed by atoms with Gasteiger partial charge in [-0.2, -0.15) is 0 Å². The summed E-state index contributed by atoms with van der Waals surface area (Å²) in [6.07, 6.45) is 2.29. The van der Waals surface area contributed by atoms with E-state index in [0.717, 1.165) is 23.5 Å². The molecular formula is C20H21N3O4S. The van der Waals surface area contributed by atoms with Crippen LogP contribution >= 0.6 is 11.3 Å². The lowest BCUT2D eigenvalue weighted by Gasteiger charge is -2.26. The van der Waals surface area contributed by atoms with E-state index in [1.54, 1.807) is 21.1 Å².